The Morgan fingerprint density at radius 2 is 2.19 bits per heavy atom. The van der Waals surface area contributed by atoms with Gasteiger partial charge in [0.1, 0.15) is 0 Å². The second kappa shape index (κ2) is 7.14. The van der Waals surface area contributed by atoms with Gasteiger partial charge in [0.2, 0.25) is 0 Å². The van der Waals surface area contributed by atoms with Gasteiger partial charge >= 0.3 is 5.69 Å². The number of pyridine rings is 1. The molecule has 0 saturated carbocycles. The molecule has 0 aliphatic carbocycles. The highest BCUT2D eigenvalue weighted by atomic mass is 16.3. The Labute approximate surface area is 122 Å². The fourth-order valence-corrected chi connectivity index (χ4v) is 2.14. The van der Waals surface area contributed by atoms with Crippen molar-refractivity contribution < 1.29 is 9.90 Å². The predicted octanol–water partition coefficient (Wildman–Crippen LogP) is 0.231. The third kappa shape index (κ3) is 3.56. The molecule has 0 aliphatic rings. The van der Waals surface area contributed by atoms with E-state index in [2.05, 4.69) is 12.0 Å². The normalized spacial score (nSPS) is 11.4. The highest BCUT2D eigenvalue weighted by Gasteiger charge is 2.16. The Hall–Kier alpha value is -1.99. The number of hydrogen-bond acceptors (Lipinski definition) is 5. The smallest absolute Gasteiger partial charge is 0.357 e. The predicted molar refractivity (Wildman–Crippen MR) is 78.5 cm³/mol. The van der Waals surface area contributed by atoms with E-state index in [1.54, 1.807) is 24.4 Å². The molecule has 114 valence electrons. The van der Waals surface area contributed by atoms with Crippen molar-refractivity contribution >= 4 is 11.6 Å². The first kappa shape index (κ1) is 15.4. The highest BCUT2D eigenvalue weighted by Crippen LogP contribution is 1.98. The molecule has 0 atom stereocenters. The minimum absolute atomic E-state index is 0.0168. The molecular formula is C14H20N4O3. The van der Waals surface area contributed by atoms with Crippen LogP contribution in [0.4, 0.5) is 0 Å². The number of nitrogens with zero attached hydrogens (tertiary/aromatic N) is 4. The van der Waals surface area contributed by atoms with E-state index in [0.717, 1.165) is 17.5 Å². The highest BCUT2D eigenvalue weighted by molar-refractivity contribution is 5.80. The van der Waals surface area contributed by atoms with Crippen molar-refractivity contribution in [2.45, 2.75) is 19.8 Å². The number of unbranched alkanes of at least 4 members (excludes halogenated alkanes) is 1. The average molecular weight is 292 g/mol. The van der Waals surface area contributed by atoms with E-state index in [4.69, 9.17) is 5.11 Å². The number of carbonyl (C=O) groups is 1. The number of aromatic nitrogens is 3. The van der Waals surface area contributed by atoms with Gasteiger partial charge in [-0.15, -0.1) is 9.78 Å². The summed E-state index contributed by atoms with van der Waals surface area (Å²) in [5.41, 5.74) is -0.0202. The molecule has 0 radical (unpaired) electrons. The second-order valence-corrected chi connectivity index (χ2v) is 4.87. The molecule has 2 heterocycles. The summed E-state index contributed by atoms with van der Waals surface area (Å²) in [5, 5.41) is 13.1. The molecule has 2 rings (SSSR count). The van der Waals surface area contributed by atoms with E-state index >= 15 is 0 Å². The summed E-state index contributed by atoms with van der Waals surface area (Å²) < 4.78 is 2.23. The van der Waals surface area contributed by atoms with Crippen LogP contribution in [0.5, 0.6) is 0 Å². The maximum Gasteiger partial charge on any atom is 0.357 e. The molecule has 2 aromatic rings. The number of fused-ring (bicyclic) bond motifs is 1. The van der Waals surface area contributed by atoms with Crippen molar-refractivity contribution in [2.75, 3.05) is 26.2 Å². The van der Waals surface area contributed by atoms with Gasteiger partial charge in [0.15, 0.2) is 5.65 Å². The lowest BCUT2D eigenvalue weighted by molar-refractivity contribution is 0.0811. The molecule has 0 aromatic carbocycles. The molecule has 0 fully saturated rings. The second-order valence-electron chi connectivity index (χ2n) is 4.87. The molecule has 0 amide bonds. The SMILES string of the molecule is CCCCN(CCO)CC(=O)n1nc2ccccn2c1=O. The van der Waals surface area contributed by atoms with Gasteiger partial charge in [-0.1, -0.05) is 19.4 Å². The zero-order valence-electron chi connectivity index (χ0n) is 12.1. The van der Waals surface area contributed by atoms with Crippen LogP contribution in [-0.4, -0.2) is 56.3 Å². The van der Waals surface area contributed by atoms with E-state index in [9.17, 15) is 9.59 Å². The van der Waals surface area contributed by atoms with E-state index in [1.165, 1.54) is 4.40 Å². The number of rotatable bonds is 7. The van der Waals surface area contributed by atoms with E-state index in [-0.39, 0.29) is 19.1 Å². The fourth-order valence-electron chi connectivity index (χ4n) is 2.14. The summed E-state index contributed by atoms with van der Waals surface area (Å²) >= 11 is 0. The molecule has 1 N–H and O–H groups in total. The Bertz CT molecular complexity index is 662. The van der Waals surface area contributed by atoms with Crippen molar-refractivity contribution in [3.8, 4) is 0 Å². The Morgan fingerprint density at radius 1 is 1.38 bits per heavy atom. The van der Waals surface area contributed by atoms with Gasteiger partial charge in [0, 0.05) is 12.7 Å². The quantitative estimate of drug-likeness (QED) is 0.790. The van der Waals surface area contributed by atoms with Gasteiger partial charge in [-0.25, -0.2) is 9.20 Å². The maximum atomic E-state index is 12.2. The number of aliphatic hydroxyl groups excluding tert-OH is 1. The van der Waals surface area contributed by atoms with Gasteiger partial charge in [0.05, 0.1) is 13.2 Å². The van der Waals surface area contributed by atoms with Gasteiger partial charge in [-0.2, -0.15) is 0 Å². The van der Waals surface area contributed by atoms with Crippen molar-refractivity contribution in [1.29, 1.82) is 0 Å². The van der Waals surface area contributed by atoms with Gasteiger partial charge < -0.3 is 5.11 Å². The first-order valence-corrected chi connectivity index (χ1v) is 7.10. The minimum atomic E-state index is -0.463. The topological polar surface area (TPSA) is 79.8 Å². The van der Waals surface area contributed by atoms with Crippen LogP contribution >= 0.6 is 0 Å². The first-order valence-electron chi connectivity index (χ1n) is 7.10. The average Bonchev–Trinajstić information content (AvgIpc) is 2.83. The third-order valence-electron chi connectivity index (χ3n) is 3.27. The Morgan fingerprint density at radius 3 is 2.86 bits per heavy atom. The Balaban J connectivity index is 2.17. The Kier molecular flexibility index (Phi) is 5.24. The summed E-state index contributed by atoms with van der Waals surface area (Å²) in [4.78, 5) is 26.2. The molecule has 7 heteroatoms. The first-order chi connectivity index (χ1) is 10.2. The van der Waals surface area contributed by atoms with Crippen LogP contribution in [0.1, 0.15) is 24.6 Å². The molecule has 0 spiro atoms. The van der Waals surface area contributed by atoms with E-state index in [1.807, 2.05) is 4.90 Å². The van der Waals surface area contributed by atoms with Gasteiger partial charge in [-0.3, -0.25) is 9.69 Å². The van der Waals surface area contributed by atoms with Crippen molar-refractivity contribution in [3.63, 3.8) is 0 Å². The molecule has 0 bridgehead atoms. The monoisotopic (exact) mass is 292 g/mol. The van der Waals surface area contributed by atoms with Crippen LogP contribution in [0.25, 0.3) is 5.65 Å². The molecule has 2 aromatic heterocycles. The lowest BCUT2D eigenvalue weighted by atomic mass is 10.3. The zero-order valence-corrected chi connectivity index (χ0v) is 12.1. The standard InChI is InChI=1S/C14H20N4O3/c1-2-3-7-16(9-10-19)11-13(20)18-14(21)17-8-5-4-6-12(17)15-18/h4-6,8,19H,2-3,7,9-11H2,1H3. The molecular weight excluding hydrogens is 272 g/mol. The summed E-state index contributed by atoms with van der Waals surface area (Å²) in [7, 11) is 0. The summed E-state index contributed by atoms with van der Waals surface area (Å²) in [6.07, 6.45) is 3.52. The fraction of sp³-hybridized carbons (Fsp3) is 0.500. The van der Waals surface area contributed by atoms with E-state index in [0.29, 0.717) is 18.7 Å². The van der Waals surface area contributed by atoms with Gasteiger partial charge in [-0.05, 0) is 25.1 Å². The van der Waals surface area contributed by atoms with Crippen LogP contribution < -0.4 is 5.69 Å². The number of aliphatic hydroxyl groups is 1. The summed E-state index contributed by atoms with van der Waals surface area (Å²) in [6, 6.07) is 5.15. The molecule has 0 aliphatic heterocycles. The number of carbonyl (C=O) groups excluding carboxylic acids is 1. The largest absolute Gasteiger partial charge is 0.395 e. The number of hydrogen-bond donors (Lipinski definition) is 1. The molecule has 21 heavy (non-hydrogen) atoms. The van der Waals surface area contributed by atoms with Crippen LogP contribution in [0.3, 0.4) is 0 Å². The molecule has 0 unspecified atom stereocenters. The lowest BCUT2D eigenvalue weighted by Gasteiger charge is -2.19. The van der Waals surface area contributed by atoms with Crippen molar-refractivity contribution in [3.05, 3.63) is 34.9 Å². The van der Waals surface area contributed by atoms with Crippen LogP contribution in [0, 0.1) is 0 Å². The van der Waals surface area contributed by atoms with Crippen LogP contribution in [0.15, 0.2) is 29.2 Å². The van der Waals surface area contributed by atoms with Crippen molar-refractivity contribution in [1.82, 2.24) is 19.1 Å². The summed E-state index contributed by atoms with van der Waals surface area (Å²) in [5.74, 6) is -0.381. The summed E-state index contributed by atoms with van der Waals surface area (Å²) in [6.45, 7) is 3.24. The molecule has 7 nitrogen and oxygen atoms in total. The van der Waals surface area contributed by atoms with Crippen molar-refractivity contribution in [2.24, 2.45) is 0 Å². The van der Waals surface area contributed by atoms with Crippen LogP contribution in [-0.2, 0) is 0 Å². The molecule has 0 saturated heterocycles. The zero-order chi connectivity index (χ0) is 15.2. The van der Waals surface area contributed by atoms with Gasteiger partial charge in [0.25, 0.3) is 5.91 Å². The minimum Gasteiger partial charge on any atom is -0.395 e. The lowest BCUT2D eigenvalue weighted by Crippen LogP contribution is -2.39. The van der Waals surface area contributed by atoms with E-state index < -0.39 is 5.69 Å². The maximum absolute atomic E-state index is 12.2. The third-order valence-corrected chi connectivity index (χ3v) is 3.27. The van der Waals surface area contributed by atoms with Crippen LogP contribution in [0.2, 0.25) is 0 Å².